The summed E-state index contributed by atoms with van der Waals surface area (Å²) >= 11 is 12.2. The first-order chi connectivity index (χ1) is 13.4. The second-order valence-electron chi connectivity index (χ2n) is 7.00. The fourth-order valence-corrected chi connectivity index (χ4v) is 3.61. The Kier molecular flexibility index (Phi) is 6.47. The summed E-state index contributed by atoms with van der Waals surface area (Å²) in [5.41, 5.74) is 2.10. The van der Waals surface area contributed by atoms with Gasteiger partial charge in [-0.05, 0) is 48.9 Å². The number of rotatable bonds is 3. The molecule has 0 unspecified atom stereocenters. The minimum atomic E-state index is -0.155. The fourth-order valence-electron chi connectivity index (χ4n) is 3.24. The Morgan fingerprint density at radius 3 is 2.07 bits per heavy atom. The Labute approximate surface area is 175 Å². The number of benzene rings is 2. The zero-order chi connectivity index (χ0) is 20.3. The second-order valence-corrected chi connectivity index (χ2v) is 7.85. The summed E-state index contributed by atoms with van der Waals surface area (Å²) in [5, 5.41) is 0.855. The molecule has 1 aliphatic heterocycles. The highest BCUT2D eigenvalue weighted by atomic mass is 35.5. The van der Waals surface area contributed by atoms with Gasteiger partial charge in [-0.15, -0.1) is 0 Å². The quantitative estimate of drug-likeness (QED) is 0.753. The Hall–Kier alpha value is -2.24. The van der Waals surface area contributed by atoms with E-state index in [-0.39, 0.29) is 11.8 Å². The van der Waals surface area contributed by atoms with E-state index < -0.39 is 0 Å². The van der Waals surface area contributed by atoms with Crippen LogP contribution in [0.2, 0.25) is 10.0 Å². The molecular weight excluding hydrogens is 397 g/mol. The minimum Gasteiger partial charge on any atom is -0.378 e. The first kappa shape index (κ1) is 20.5. The molecular formula is C21H23Cl2N3O2. The molecule has 0 bridgehead atoms. The largest absolute Gasteiger partial charge is 0.378 e. The Morgan fingerprint density at radius 2 is 1.46 bits per heavy atom. The van der Waals surface area contributed by atoms with Gasteiger partial charge in [0.05, 0.1) is 10.6 Å². The van der Waals surface area contributed by atoms with E-state index in [4.69, 9.17) is 23.2 Å². The third-order valence-corrected chi connectivity index (χ3v) is 5.42. The van der Waals surface area contributed by atoms with E-state index in [0.717, 1.165) is 5.69 Å². The van der Waals surface area contributed by atoms with Crippen LogP contribution in [0.15, 0.2) is 42.5 Å². The van der Waals surface area contributed by atoms with Crippen molar-refractivity contribution < 1.29 is 9.59 Å². The Morgan fingerprint density at radius 1 is 0.857 bits per heavy atom. The molecule has 0 radical (unpaired) electrons. The van der Waals surface area contributed by atoms with Crippen LogP contribution in [0.4, 0.5) is 5.69 Å². The van der Waals surface area contributed by atoms with Crippen LogP contribution in [0, 0.1) is 0 Å². The van der Waals surface area contributed by atoms with E-state index in [2.05, 4.69) is 0 Å². The maximum Gasteiger partial charge on any atom is 0.255 e. The second kappa shape index (κ2) is 8.84. The van der Waals surface area contributed by atoms with E-state index in [9.17, 15) is 9.59 Å². The van der Waals surface area contributed by atoms with Crippen molar-refractivity contribution in [3.8, 4) is 0 Å². The summed E-state index contributed by atoms with van der Waals surface area (Å²) in [6.07, 6.45) is 0.714. The number of nitrogens with zero attached hydrogens (tertiary/aromatic N) is 3. The molecule has 1 saturated heterocycles. The highest BCUT2D eigenvalue weighted by molar-refractivity contribution is 6.35. The van der Waals surface area contributed by atoms with Crippen LogP contribution in [0.1, 0.15) is 27.1 Å². The first-order valence-corrected chi connectivity index (χ1v) is 9.93. The molecule has 7 heteroatoms. The van der Waals surface area contributed by atoms with E-state index in [1.165, 1.54) is 0 Å². The van der Waals surface area contributed by atoms with Crippen molar-refractivity contribution in [2.45, 2.75) is 6.42 Å². The average Bonchev–Trinajstić information content (AvgIpc) is 2.95. The van der Waals surface area contributed by atoms with E-state index in [0.29, 0.717) is 53.8 Å². The Bertz CT molecular complexity index is 868. The Balaban J connectivity index is 1.68. The molecule has 0 saturated carbocycles. The van der Waals surface area contributed by atoms with Crippen molar-refractivity contribution in [2.75, 3.05) is 45.2 Å². The lowest BCUT2D eigenvalue weighted by Crippen LogP contribution is -2.37. The van der Waals surface area contributed by atoms with Gasteiger partial charge in [-0.25, -0.2) is 0 Å². The van der Waals surface area contributed by atoms with Gasteiger partial charge in [-0.2, -0.15) is 0 Å². The van der Waals surface area contributed by atoms with Gasteiger partial charge < -0.3 is 14.7 Å². The zero-order valence-electron chi connectivity index (χ0n) is 16.0. The summed E-state index contributed by atoms with van der Waals surface area (Å²) in [5.74, 6) is -0.169. The highest BCUT2D eigenvalue weighted by Gasteiger charge is 2.24. The number of amides is 2. The smallest absolute Gasteiger partial charge is 0.255 e. The molecule has 1 fully saturated rings. The van der Waals surface area contributed by atoms with Gasteiger partial charge in [0.2, 0.25) is 0 Å². The molecule has 0 aliphatic carbocycles. The molecule has 148 valence electrons. The molecule has 1 heterocycles. The van der Waals surface area contributed by atoms with Crippen LogP contribution in [0.25, 0.3) is 0 Å². The predicted octanol–water partition coefficient (Wildman–Crippen LogP) is 4.05. The van der Waals surface area contributed by atoms with Crippen molar-refractivity contribution in [3.05, 3.63) is 63.6 Å². The molecule has 0 aromatic heterocycles. The molecule has 2 aromatic rings. The van der Waals surface area contributed by atoms with Crippen molar-refractivity contribution >= 4 is 40.7 Å². The predicted molar refractivity (Wildman–Crippen MR) is 114 cm³/mol. The SMILES string of the molecule is CN(C)c1ccc(C(=O)N2CCCN(C(=O)c3cc(Cl)ccc3Cl)CC2)cc1. The van der Waals surface area contributed by atoms with E-state index in [1.807, 2.05) is 43.3 Å². The van der Waals surface area contributed by atoms with Gasteiger partial charge in [0.1, 0.15) is 0 Å². The molecule has 28 heavy (non-hydrogen) atoms. The van der Waals surface area contributed by atoms with Gasteiger partial charge in [-0.1, -0.05) is 23.2 Å². The zero-order valence-corrected chi connectivity index (χ0v) is 17.5. The van der Waals surface area contributed by atoms with Crippen molar-refractivity contribution in [2.24, 2.45) is 0 Å². The summed E-state index contributed by atoms with van der Waals surface area (Å²) in [7, 11) is 3.92. The number of carbonyl (C=O) groups is 2. The minimum absolute atomic E-state index is 0.0135. The summed E-state index contributed by atoms with van der Waals surface area (Å²) in [4.78, 5) is 31.2. The van der Waals surface area contributed by atoms with Crippen LogP contribution < -0.4 is 4.90 Å². The van der Waals surface area contributed by atoms with Crippen LogP contribution in [-0.4, -0.2) is 61.9 Å². The normalized spacial score (nSPS) is 14.6. The molecule has 0 atom stereocenters. The van der Waals surface area contributed by atoms with Crippen LogP contribution >= 0.6 is 23.2 Å². The van der Waals surface area contributed by atoms with E-state index >= 15 is 0 Å². The summed E-state index contributed by atoms with van der Waals surface area (Å²) in [6.45, 7) is 2.13. The van der Waals surface area contributed by atoms with Crippen LogP contribution in [-0.2, 0) is 0 Å². The lowest BCUT2D eigenvalue weighted by atomic mass is 10.1. The highest BCUT2D eigenvalue weighted by Crippen LogP contribution is 2.23. The summed E-state index contributed by atoms with van der Waals surface area (Å²) < 4.78 is 0. The maximum absolute atomic E-state index is 12.8. The lowest BCUT2D eigenvalue weighted by molar-refractivity contribution is 0.0719. The maximum atomic E-state index is 12.8. The number of anilines is 1. The number of hydrogen-bond acceptors (Lipinski definition) is 3. The van der Waals surface area contributed by atoms with Gasteiger partial charge in [0, 0.05) is 56.5 Å². The van der Waals surface area contributed by atoms with Gasteiger partial charge in [0.25, 0.3) is 11.8 Å². The summed E-state index contributed by atoms with van der Waals surface area (Å²) in [6, 6.07) is 12.4. The molecule has 5 nitrogen and oxygen atoms in total. The first-order valence-electron chi connectivity index (χ1n) is 9.18. The number of carbonyl (C=O) groups excluding carboxylic acids is 2. The lowest BCUT2D eigenvalue weighted by Gasteiger charge is -2.23. The van der Waals surface area contributed by atoms with Crippen LogP contribution in [0.5, 0.6) is 0 Å². The molecule has 2 amide bonds. The van der Waals surface area contributed by atoms with Gasteiger partial charge in [0.15, 0.2) is 0 Å². The topological polar surface area (TPSA) is 43.9 Å². The average molecular weight is 420 g/mol. The third-order valence-electron chi connectivity index (χ3n) is 4.86. The van der Waals surface area contributed by atoms with Gasteiger partial charge >= 0.3 is 0 Å². The molecule has 3 rings (SSSR count). The molecule has 2 aromatic carbocycles. The molecule has 1 aliphatic rings. The number of hydrogen-bond donors (Lipinski definition) is 0. The fraction of sp³-hybridized carbons (Fsp3) is 0.333. The van der Waals surface area contributed by atoms with E-state index in [1.54, 1.807) is 28.0 Å². The standard InChI is InChI=1S/C21H23Cl2N3O2/c1-24(2)17-7-4-15(5-8-17)20(27)25-10-3-11-26(13-12-25)21(28)18-14-16(22)6-9-19(18)23/h4-9,14H,3,10-13H2,1-2H3. The third kappa shape index (κ3) is 4.59. The van der Waals surface area contributed by atoms with Crippen molar-refractivity contribution in [1.29, 1.82) is 0 Å². The van der Waals surface area contributed by atoms with Crippen molar-refractivity contribution in [1.82, 2.24) is 9.80 Å². The molecule has 0 N–H and O–H groups in total. The number of halogens is 2. The van der Waals surface area contributed by atoms with Crippen molar-refractivity contribution in [3.63, 3.8) is 0 Å². The van der Waals surface area contributed by atoms with Gasteiger partial charge in [-0.3, -0.25) is 9.59 Å². The van der Waals surface area contributed by atoms with Crippen LogP contribution in [0.3, 0.4) is 0 Å². The molecule has 0 spiro atoms. The monoisotopic (exact) mass is 419 g/mol.